The summed E-state index contributed by atoms with van der Waals surface area (Å²) < 4.78 is 4.57. The number of ether oxygens (including phenoxy) is 1. The molecule has 1 aliphatic rings. The zero-order valence-corrected chi connectivity index (χ0v) is 10.5. The van der Waals surface area contributed by atoms with Crippen LogP contribution in [0.1, 0.15) is 16.8 Å². The van der Waals surface area contributed by atoms with Crippen LogP contribution in [0.5, 0.6) is 0 Å². The van der Waals surface area contributed by atoms with E-state index in [1.165, 1.54) is 6.07 Å². The number of carbonyl (C=O) groups is 3. The summed E-state index contributed by atoms with van der Waals surface area (Å²) in [4.78, 5) is 45.8. The fourth-order valence-electron chi connectivity index (χ4n) is 1.94. The second-order valence-corrected chi connectivity index (χ2v) is 4.15. The van der Waals surface area contributed by atoms with E-state index in [1.54, 1.807) is 0 Å². The number of non-ortho nitro benzene ring substituents is 1. The van der Waals surface area contributed by atoms with Crippen molar-refractivity contribution in [2.24, 2.45) is 0 Å². The van der Waals surface area contributed by atoms with Crippen molar-refractivity contribution in [1.82, 2.24) is 0 Å². The van der Waals surface area contributed by atoms with Gasteiger partial charge >= 0.3 is 5.97 Å². The lowest BCUT2D eigenvalue weighted by atomic mass is 10.1. The van der Waals surface area contributed by atoms with Gasteiger partial charge in [0, 0.05) is 12.1 Å². The van der Waals surface area contributed by atoms with Crippen molar-refractivity contribution in [3.05, 3.63) is 33.9 Å². The van der Waals surface area contributed by atoms with E-state index in [1.807, 2.05) is 0 Å². The molecule has 8 heteroatoms. The Morgan fingerprint density at radius 1 is 1.40 bits per heavy atom. The lowest BCUT2D eigenvalue weighted by molar-refractivity contribution is -0.384. The van der Waals surface area contributed by atoms with Gasteiger partial charge in [0.05, 0.1) is 36.2 Å². The second kappa shape index (κ2) is 5.08. The van der Waals surface area contributed by atoms with Gasteiger partial charge in [-0.2, -0.15) is 0 Å². The third-order valence-corrected chi connectivity index (χ3v) is 2.87. The van der Waals surface area contributed by atoms with Crippen LogP contribution >= 0.6 is 0 Å². The van der Waals surface area contributed by atoms with E-state index in [-0.39, 0.29) is 35.7 Å². The zero-order chi connectivity index (χ0) is 14.9. The third kappa shape index (κ3) is 2.35. The Kier molecular flexibility index (Phi) is 3.47. The average Bonchev–Trinajstić information content (AvgIpc) is 2.76. The molecule has 1 saturated heterocycles. The topological polar surface area (TPSA) is 107 Å². The number of Topliss-reactive ketones (excluding diaryl/α,β-unsaturated/α-hetero) is 1. The molecule has 20 heavy (non-hydrogen) atoms. The van der Waals surface area contributed by atoms with Gasteiger partial charge in [-0.05, 0) is 6.07 Å². The predicted molar refractivity (Wildman–Crippen MR) is 66.4 cm³/mol. The Labute approximate surface area is 113 Å². The molecule has 0 N–H and O–H groups in total. The quantitative estimate of drug-likeness (QED) is 0.348. The molecule has 1 fully saturated rings. The molecule has 0 atom stereocenters. The van der Waals surface area contributed by atoms with Gasteiger partial charge in [-0.3, -0.25) is 19.7 Å². The number of amides is 1. The number of esters is 1. The minimum atomic E-state index is -0.734. The molecule has 0 aromatic heterocycles. The average molecular weight is 278 g/mol. The lowest BCUT2D eigenvalue weighted by Gasteiger charge is -2.17. The molecule has 1 aromatic rings. The number of rotatable bonds is 3. The number of nitrogens with zero attached hydrogens (tertiary/aromatic N) is 2. The largest absolute Gasteiger partial charge is 0.465 e. The Morgan fingerprint density at radius 3 is 2.60 bits per heavy atom. The van der Waals surface area contributed by atoms with Gasteiger partial charge in [0.25, 0.3) is 5.69 Å². The summed E-state index contributed by atoms with van der Waals surface area (Å²) in [6.07, 6.45) is -0.274. The summed E-state index contributed by atoms with van der Waals surface area (Å²) in [5.74, 6) is -1.54. The normalized spacial score (nSPS) is 14.6. The van der Waals surface area contributed by atoms with E-state index >= 15 is 0 Å². The van der Waals surface area contributed by atoms with Crippen LogP contribution in [0.25, 0.3) is 0 Å². The number of nitro groups is 1. The van der Waals surface area contributed by atoms with E-state index in [2.05, 4.69) is 4.74 Å². The van der Waals surface area contributed by atoms with Crippen LogP contribution in [0.2, 0.25) is 0 Å². The van der Waals surface area contributed by atoms with Crippen molar-refractivity contribution in [2.75, 3.05) is 18.6 Å². The minimum Gasteiger partial charge on any atom is -0.465 e. The van der Waals surface area contributed by atoms with Gasteiger partial charge < -0.3 is 9.64 Å². The molecule has 0 saturated carbocycles. The first kappa shape index (κ1) is 13.7. The Bertz CT molecular complexity index is 624. The fourth-order valence-corrected chi connectivity index (χ4v) is 1.94. The standard InChI is InChI=1S/C12H10N2O6/c1-20-12(17)9-3-2-7(14(18)19)4-10(9)13-6-8(15)5-11(13)16/h2-4H,5-6H2,1H3. The van der Waals surface area contributed by atoms with Gasteiger partial charge in [-0.15, -0.1) is 0 Å². The maximum atomic E-state index is 11.7. The van der Waals surface area contributed by atoms with Crippen LogP contribution in [0.4, 0.5) is 11.4 Å². The first-order valence-electron chi connectivity index (χ1n) is 5.63. The molecule has 0 radical (unpaired) electrons. The van der Waals surface area contributed by atoms with Crippen molar-refractivity contribution < 1.29 is 24.0 Å². The predicted octanol–water partition coefficient (Wildman–Crippen LogP) is 0.687. The molecule has 0 spiro atoms. The number of nitro benzene ring substituents is 1. The van der Waals surface area contributed by atoms with Crippen molar-refractivity contribution in [3.8, 4) is 0 Å². The van der Waals surface area contributed by atoms with Crippen LogP contribution in [-0.4, -0.2) is 36.2 Å². The number of hydrogen-bond donors (Lipinski definition) is 0. The first-order valence-corrected chi connectivity index (χ1v) is 5.63. The van der Waals surface area contributed by atoms with Crippen molar-refractivity contribution in [1.29, 1.82) is 0 Å². The molecule has 0 unspecified atom stereocenters. The molecule has 104 valence electrons. The molecular weight excluding hydrogens is 268 g/mol. The van der Waals surface area contributed by atoms with Crippen molar-refractivity contribution >= 4 is 29.0 Å². The van der Waals surface area contributed by atoms with E-state index in [0.717, 1.165) is 24.1 Å². The molecule has 1 amide bonds. The van der Waals surface area contributed by atoms with Gasteiger partial charge in [-0.25, -0.2) is 4.79 Å². The van der Waals surface area contributed by atoms with E-state index < -0.39 is 16.8 Å². The first-order chi connectivity index (χ1) is 9.43. The SMILES string of the molecule is COC(=O)c1ccc([N+](=O)[O-])cc1N1CC(=O)CC1=O. The van der Waals surface area contributed by atoms with E-state index in [4.69, 9.17) is 0 Å². The molecule has 8 nitrogen and oxygen atoms in total. The summed E-state index contributed by atoms with van der Waals surface area (Å²) in [6.45, 7) is -0.204. The van der Waals surface area contributed by atoms with Gasteiger partial charge in [0.1, 0.15) is 0 Å². The van der Waals surface area contributed by atoms with Crippen LogP contribution in [-0.2, 0) is 14.3 Å². The van der Waals surface area contributed by atoms with Crippen LogP contribution in [0.15, 0.2) is 18.2 Å². The molecule has 0 bridgehead atoms. The smallest absolute Gasteiger partial charge is 0.339 e. The molecular formula is C12H10N2O6. The van der Waals surface area contributed by atoms with Crippen molar-refractivity contribution in [3.63, 3.8) is 0 Å². The van der Waals surface area contributed by atoms with Crippen LogP contribution in [0.3, 0.4) is 0 Å². The van der Waals surface area contributed by atoms with Gasteiger partial charge in [-0.1, -0.05) is 0 Å². The highest BCUT2D eigenvalue weighted by atomic mass is 16.6. The Morgan fingerprint density at radius 2 is 2.10 bits per heavy atom. The number of hydrogen-bond acceptors (Lipinski definition) is 6. The van der Waals surface area contributed by atoms with E-state index in [0.29, 0.717) is 0 Å². The lowest BCUT2D eigenvalue weighted by Crippen LogP contribution is -2.26. The van der Waals surface area contributed by atoms with Gasteiger partial charge in [0.2, 0.25) is 5.91 Å². The monoisotopic (exact) mass is 278 g/mol. The highest BCUT2D eigenvalue weighted by Gasteiger charge is 2.32. The van der Waals surface area contributed by atoms with Gasteiger partial charge in [0.15, 0.2) is 5.78 Å². The van der Waals surface area contributed by atoms with Crippen LogP contribution < -0.4 is 4.90 Å². The summed E-state index contributed by atoms with van der Waals surface area (Å²) in [5.41, 5.74) is -0.261. The summed E-state index contributed by atoms with van der Waals surface area (Å²) in [6, 6.07) is 3.43. The maximum Gasteiger partial charge on any atom is 0.339 e. The number of ketones is 1. The number of carbonyl (C=O) groups excluding carboxylic acids is 3. The molecule has 1 heterocycles. The summed E-state index contributed by atoms with van der Waals surface area (Å²) >= 11 is 0. The van der Waals surface area contributed by atoms with E-state index in [9.17, 15) is 24.5 Å². The zero-order valence-electron chi connectivity index (χ0n) is 10.5. The van der Waals surface area contributed by atoms with Crippen molar-refractivity contribution in [2.45, 2.75) is 6.42 Å². The molecule has 2 rings (SSSR count). The summed E-state index contributed by atoms with van der Waals surface area (Å²) in [7, 11) is 1.16. The third-order valence-electron chi connectivity index (χ3n) is 2.87. The molecule has 1 aliphatic heterocycles. The number of benzene rings is 1. The maximum absolute atomic E-state index is 11.7. The Hall–Kier alpha value is -2.77. The second-order valence-electron chi connectivity index (χ2n) is 4.15. The highest BCUT2D eigenvalue weighted by Crippen LogP contribution is 2.29. The van der Waals surface area contributed by atoms with Crippen LogP contribution in [0, 0.1) is 10.1 Å². The highest BCUT2D eigenvalue weighted by molar-refractivity contribution is 6.16. The molecule has 0 aliphatic carbocycles. The number of anilines is 1. The summed E-state index contributed by atoms with van der Waals surface area (Å²) in [5, 5.41) is 10.8. The minimum absolute atomic E-state index is 0.00106. The Balaban J connectivity index is 2.54. The molecule has 1 aromatic carbocycles. The fraction of sp³-hybridized carbons (Fsp3) is 0.250. The number of methoxy groups -OCH3 is 1.